The molecule has 0 saturated heterocycles. The van der Waals surface area contributed by atoms with E-state index in [0.717, 1.165) is 22.2 Å². The van der Waals surface area contributed by atoms with Crippen LogP contribution in [0.5, 0.6) is 0 Å². The molecule has 4 N–H and O–H groups in total. The van der Waals surface area contributed by atoms with E-state index in [4.69, 9.17) is 22.3 Å². The van der Waals surface area contributed by atoms with E-state index in [-0.39, 0.29) is 23.0 Å². The van der Waals surface area contributed by atoms with Crippen molar-refractivity contribution in [3.8, 4) is 5.00 Å². The molecular weight excluding hydrogens is 500 g/mol. The number of halogens is 1. The zero-order valence-corrected chi connectivity index (χ0v) is 20.0. The minimum atomic E-state index is -1.15. The van der Waals surface area contributed by atoms with Gasteiger partial charge in [-0.25, -0.2) is 4.79 Å². The molecule has 2 aromatic carbocycles. The third kappa shape index (κ3) is 3.54. The maximum atomic E-state index is 13.4. The van der Waals surface area contributed by atoms with Gasteiger partial charge in [-0.2, -0.15) is 0 Å². The number of aromatic amines is 1. The average molecular weight is 517 g/mol. The highest BCUT2D eigenvalue weighted by Crippen LogP contribution is 2.35. The molecule has 0 radical (unpaired) electrons. The SMILES string of the molecule is NC(C(=O)c1cc2ccccc2[nH]1)c1nnc2n1-c1sc(C(=O)O)cc1C(c1ccccc1Cl)=NC2. The van der Waals surface area contributed by atoms with Crippen LogP contribution in [0.1, 0.15) is 49.0 Å². The number of para-hydroxylation sites is 1. The lowest BCUT2D eigenvalue weighted by molar-refractivity contribution is 0.0702. The van der Waals surface area contributed by atoms with Crippen LogP contribution < -0.4 is 5.73 Å². The lowest BCUT2D eigenvalue weighted by Gasteiger charge is -2.13. The molecule has 4 heterocycles. The molecule has 6 rings (SSSR count). The number of hydrogen-bond acceptors (Lipinski definition) is 7. The number of ketones is 1. The van der Waals surface area contributed by atoms with E-state index < -0.39 is 12.0 Å². The average Bonchev–Trinajstić information content (AvgIpc) is 3.59. The lowest BCUT2D eigenvalue weighted by atomic mass is 10.0. The van der Waals surface area contributed by atoms with Gasteiger partial charge in [0.15, 0.2) is 11.6 Å². The van der Waals surface area contributed by atoms with Gasteiger partial charge in [-0.3, -0.25) is 14.4 Å². The molecule has 1 unspecified atom stereocenters. The normalized spacial score (nSPS) is 13.6. The largest absolute Gasteiger partial charge is 0.477 e. The summed E-state index contributed by atoms with van der Waals surface area (Å²) in [4.78, 5) is 33.2. The summed E-state index contributed by atoms with van der Waals surface area (Å²) >= 11 is 7.50. The summed E-state index contributed by atoms with van der Waals surface area (Å²) in [6.45, 7) is 0.144. The van der Waals surface area contributed by atoms with Crippen LogP contribution in [-0.4, -0.2) is 42.3 Å². The van der Waals surface area contributed by atoms with Gasteiger partial charge in [0.1, 0.15) is 22.5 Å². The molecule has 0 bridgehead atoms. The number of hydrogen-bond donors (Lipinski definition) is 3. The number of thiophene rings is 1. The molecule has 11 heteroatoms. The number of aliphatic imine (C=N–C) groups is 1. The molecule has 3 aromatic heterocycles. The monoisotopic (exact) mass is 516 g/mol. The summed E-state index contributed by atoms with van der Waals surface area (Å²) in [5.41, 5.74) is 9.35. The van der Waals surface area contributed by atoms with Gasteiger partial charge in [0.25, 0.3) is 0 Å². The minimum Gasteiger partial charge on any atom is -0.477 e. The first kappa shape index (κ1) is 22.4. The number of rotatable bonds is 5. The van der Waals surface area contributed by atoms with Crippen LogP contribution in [0.15, 0.2) is 65.7 Å². The van der Waals surface area contributed by atoms with Crippen molar-refractivity contribution in [1.29, 1.82) is 0 Å². The number of nitrogens with two attached hydrogens (primary N) is 1. The molecule has 1 aliphatic heterocycles. The first-order valence-electron chi connectivity index (χ1n) is 10.9. The van der Waals surface area contributed by atoms with Crippen molar-refractivity contribution < 1.29 is 14.7 Å². The van der Waals surface area contributed by atoms with Crippen LogP contribution in [0.25, 0.3) is 15.9 Å². The number of carbonyl (C=O) groups is 2. The predicted octanol–water partition coefficient (Wildman–Crippen LogP) is 4.40. The third-order valence-corrected chi connectivity index (χ3v) is 7.44. The third-order valence-electron chi connectivity index (χ3n) is 6.00. The summed E-state index contributed by atoms with van der Waals surface area (Å²) in [5.74, 6) is -0.813. The highest BCUT2D eigenvalue weighted by Gasteiger charge is 2.32. The molecule has 0 amide bonds. The van der Waals surface area contributed by atoms with Crippen LogP contribution in [0.4, 0.5) is 0 Å². The number of carboxylic acids is 1. The Balaban J connectivity index is 1.48. The number of nitrogens with zero attached hydrogens (tertiary/aromatic N) is 4. The van der Waals surface area contributed by atoms with E-state index in [1.807, 2.05) is 42.5 Å². The van der Waals surface area contributed by atoms with Crippen molar-refractivity contribution in [2.75, 3.05) is 0 Å². The van der Waals surface area contributed by atoms with Crippen molar-refractivity contribution >= 4 is 51.3 Å². The molecule has 0 saturated carbocycles. The summed E-state index contributed by atoms with van der Waals surface area (Å²) < 4.78 is 1.64. The Morgan fingerprint density at radius 2 is 1.86 bits per heavy atom. The van der Waals surface area contributed by atoms with Crippen LogP contribution in [0, 0.1) is 0 Å². The fourth-order valence-corrected chi connectivity index (χ4v) is 5.54. The first-order valence-corrected chi connectivity index (χ1v) is 12.1. The molecule has 36 heavy (non-hydrogen) atoms. The van der Waals surface area contributed by atoms with Gasteiger partial charge in [-0.15, -0.1) is 21.5 Å². The maximum Gasteiger partial charge on any atom is 0.345 e. The first-order chi connectivity index (χ1) is 17.4. The Bertz CT molecular complexity index is 1680. The van der Waals surface area contributed by atoms with Crippen molar-refractivity contribution in [2.45, 2.75) is 12.6 Å². The highest BCUT2D eigenvalue weighted by atomic mass is 35.5. The fourth-order valence-electron chi connectivity index (χ4n) is 4.29. The summed E-state index contributed by atoms with van der Waals surface area (Å²) in [6, 6.07) is 16.9. The number of carbonyl (C=O) groups excluding carboxylic acids is 1. The second kappa shape index (κ2) is 8.52. The minimum absolute atomic E-state index is 0.0998. The fraction of sp³-hybridized carbons (Fsp3) is 0.0800. The van der Waals surface area contributed by atoms with E-state index in [9.17, 15) is 14.7 Å². The molecule has 1 atom stereocenters. The molecule has 1 aliphatic rings. The predicted molar refractivity (Wildman–Crippen MR) is 137 cm³/mol. The number of aromatic carboxylic acids is 1. The number of Topliss-reactive ketones (excluding diaryl/α,β-unsaturated/α-hetero) is 1. The molecule has 178 valence electrons. The van der Waals surface area contributed by atoms with Crippen LogP contribution >= 0.6 is 22.9 Å². The Hall–Kier alpha value is -4.12. The van der Waals surface area contributed by atoms with Crippen molar-refractivity contribution in [3.63, 3.8) is 0 Å². The van der Waals surface area contributed by atoms with E-state index in [1.165, 1.54) is 0 Å². The number of benzene rings is 2. The Kier molecular flexibility index (Phi) is 5.29. The smallest absolute Gasteiger partial charge is 0.345 e. The summed E-state index contributed by atoms with van der Waals surface area (Å²) in [5, 5.41) is 20.1. The van der Waals surface area contributed by atoms with Crippen LogP contribution in [0.3, 0.4) is 0 Å². The van der Waals surface area contributed by atoms with Gasteiger partial charge in [0.05, 0.1) is 11.4 Å². The summed E-state index contributed by atoms with van der Waals surface area (Å²) in [7, 11) is 0. The Labute approximate surface area is 212 Å². The van der Waals surface area contributed by atoms with Crippen LogP contribution in [0.2, 0.25) is 5.02 Å². The van der Waals surface area contributed by atoms with Crippen molar-refractivity contribution in [1.82, 2.24) is 19.7 Å². The van der Waals surface area contributed by atoms with E-state index >= 15 is 0 Å². The molecule has 0 fully saturated rings. The maximum absolute atomic E-state index is 13.4. The second-order valence-corrected chi connectivity index (χ2v) is 9.64. The topological polar surface area (TPSA) is 139 Å². The van der Waals surface area contributed by atoms with Gasteiger partial charge in [-0.1, -0.05) is 48.0 Å². The lowest BCUT2D eigenvalue weighted by Crippen LogP contribution is -2.25. The molecule has 0 aliphatic carbocycles. The molecule has 9 nitrogen and oxygen atoms in total. The van der Waals surface area contributed by atoms with E-state index in [2.05, 4.69) is 15.2 Å². The number of nitrogens with one attached hydrogen (secondary N) is 1. The Morgan fingerprint density at radius 3 is 2.64 bits per heavy atom. The van der Waals surface area contributed by atoms with Crippen molar-refractivity contribution in [2.24, 2.45) is 10.7 Å². The molecule has 5 aromatic rings. The zero-order chi connectivity index (χ0) is 25.0. The molecule has 0 spiro atoms. The molecular formula is C25H17ClN6O3S. The van der Waals surface area contributed by atoms with E-state index in [0.29, 0.717) is 38.4 Å². The van der Waals surface area contributed by atoms with Gasteiger partial charge < -0.3 is 15.8 Å². The number of aromatic nitrogens is 4. The van der Waals surface area contributed by atoms with Gasteiger partial charge >= 0.3 is 5.97 Å². The van der Waals surface area contributed by atoms with Gasteiger partial charge in [0, 0.05) is 27.1 Å². The zero-order valence-electron chi connectivity index (χ0n) is 18.5. The quantitative estimate of drug-likeness (QED) is 0.296. The van der Waals surface area contributed by atoms with E-state index in [1.54, 1.807) is 22.8 Å². The number of carboxylic acid groups (broad SMARTS) is 1. The highest BCUT2D eigenvalue weighted by molar-refractivity contribution is 7.16. The number of H-pyrrole nitrogens is 1. The number of fused-ring (bicyclic) bond motifs is 4. The Morgan fingerprint density at radius 1 is 1.08 bits per heavy atom. The van der Waals surface area contributed by atoms with Gasteiger partial charge in [0.2, 0.25) is 5.78 Å². The van der Waals surface area contributed by atoms with Gasteiger partial charge in [-0.05, 0) is 24.3 Å². The van der Waals surface area contributed by atoms with Crippen molar-refractivity contribution in [3.05, 3.63) is 99.0 Å². The standard InChI is InChI=1S/C25H17ClN6O3S/c26-15-7-3-2-6-13(15)21-14-10-18(25(34)35)36-24(14)32-19(11-28-21)30-31-23(32)20(27)22(33)17-9-12-5-1-4-8-16(12)29-17/h1-10,20,29H,11,27H2,(H,34,35). The van der Waals surface area contributed by atoms with Crippen LogP contribution in [-0.2, 0) is 6.54 Å². The summed E-state index contributed by atoms with van der Waals surface area (Å²) in [6.07, 6.45) is 0. The second-order valence-electron chi connectivity index (χ2n) is 8.20.